The molecule has 0 aliphatic heterocycles. The third-order valence-corrected chi connectivity index (χ3v) is 3.29. The molecule has 0 bridgehead atoms. The molecule has 1 amide bonds. The molecule has 0 saturated heterocycles. The second-order valence-corrected chi connectivity index (χ2v) is 4.90. The summed E-state index contributed by atoms with van der Waals surface area (Å²) in [6.07, 6.45) is 0. The molecule has 3 N–H and O–H groups in total. The van der Waals surface area contributed by atoms with Crippen LogP contribution in [0.2, 0.25) is 0 Å². The van der Waals surface area contributed by atoms with Crippen LogP contribution in [0.1, 0.15) is 0 Å². The Morgan fingerprint density at radius 1 is 1.47 bits per heavy atom. The zero-order valence-electron chi connectivity index (χ0n) is 9.64. The van der Waals surface area contributed by atoms with Gasteiger partial charge in [-0.05, 0) is 12.1 Å². The highest BCUT2D eigenvalue weighted by Crippen LogP contribution is 2.22. The largest absolute Gasteiger partial charge is 0.495 e. The lowest BCUT2D eigenvalue weighted by molar-refractivity contribution is -0.113. The normalized spacial score (nSPS) is 11.9. The molecule has 17 heavy (non-hydrogen) atoms. The Labute approximate surface area is 103 Å². The number of hydrogen-bond donors (Lipinski definition) is 2. The molecule has 6 heteroatoms. The minimum Gasteiger partial charge on any atom is -0.495 e. The molecule has 0 aliphatic carbocycles. The van der Waals surface area contributed by atoms with E-state index in [1.807, 2.05) is 0 Å². The zero-order chi connectivity index (χ0) is 12.7. The summed E-state index contributed by atoms with van der Waals surface area (Å²) < 4.78 is 16.4. The Balaban J connectivity index is 2.59. The molecule has 0 saturated carbocycles. The fraction of sp³-hybridized carbons (Fsp3) is 0.364. The number of ether oxygens (including phenoxy) is 1. The summed E-state index contributed by atoms with van der Waals surface area (Å²) in [5, 5.41) is 2.65. The zero-order valence-corrected chi connectivity index (χ0v) is 10.5. The number of anilines is 1. The van der Waals surface area contributed by atoms with Gasteiger partial charge in [0.1, 0.15) is 11.5 Å². The Kier molecular flexibility index (Phi) is 5.65. The molecule has 1 unspecified atom stereocenters. The van der Waals surface area contributed by atoms with Crippen molar-refractivity contribution in [3.63, 3.8) is 0 Å². The van der Waals surface area contributed by atoms with Crippen LogP contribution in [-0.4, -0.2) is 35.3 Å². The van der Waals surface area contributed by atoms with Crippen LogP contribution < -0.4 is 15.8 Å². The van der Waals surface area contributed by atoms with Gasteiger partial charge in [-0.2, -0.15) is 0 Å². The Bertz CT molecular complexity index is 409. The van der Waals surface area contributed by atoms with Gasteiger partial charge in [0, 0.05) is 23.1 Å². The highest BCUT2D eigenvalue weighted by atomic mass is 32.2. The number of benzene rings is 1. The lowest BCUT2D eigenvalue weighted by atomic mass is 10.3. The van der Waals surface area contributed by atoms with Crippen LogP contribution in [0.15, 0.2) is 24.3 Å². The van der Waals surface area contributed by atoms with Crippen molar-refractivity contribution in [2.45, 2.75) is 0 Å². The predicted octanol–water partition coefficient (Wildman–Crippen LogP) is 0.341. The summed E-state index contributed by atoms with van der Waals surface area (Å²) in [4.78, 5) is 11.6. The van der Waals surface area contributed by atoms with Crippen molar-refractivity contribution >= 4 is 22.4 Å². The molecule has 5 nitrogen and oxygen atoms in total. The molecule has 0 aliphatic rings. The molecule has 0 fully saturated rings. The number of carbonyl (C=O) groups is 1. The van der Waals surface area contributed by atoms with Gasteiger partial charge < -0.3 is 15.8 Å². The van der Waals surface area contributed by atoms with Gasteiger partial charge in [0.05, 0.1) is 12.8 Å². The van der Waals surface area contributed by atoms with E-state index in [9.17, 15) is 9.00 Å². The second-order valence-electron chi connectivity index (χ2n) is 3.33. The van der Waals surface area contributed by atoms with Crippen LogP contribution in [-0.2, 0) is 15.6 Å². The van der Waals surface area contributed by atoms with Crippen LogP contribution in [0.4, 0.5) is 5.69 Å². The lowest BCUT2D eigenvalue weighted by Gasteiger charge is -2.09. The van der Waals surface area contributed by atoms with Crippen molar-refractivity contribution in [1.82, 2.24) is 0 Å². The summed E-state index contributed by atoms with van der Waals surface area (Å²) in [6.45, 7) is 0.314. The van der Waals surface area contributed by atoms with Crippen molar-refractivity contribution in [2.24, 2.45) is 5.73 Å². The number of nitrogens with one attached hydrogen (secondary N) is 1. The first kappa shape index (κ1) is 13.7. The van der Waals surface area contributed by atoms with Gasteiger partial charge in [-0.15, -0.1) is 0 Å². The Morgan fingerprint density at radius 2 is 2.18 bits per heavy atom. The highest BCUT2D eigenvalue weighted by Gasteiger charge is 2.09. The van der Waals surface area contributed by atoms with Gasteiger partial charge in [0.2, 0.25) is 5.91 Å². The van der Waals surface area contributed by atoms with Crippen LogP contribution in [0.3, 0.4) is 0 Å². The van der Waals surface area contributed by atoms with Crippen molar-refractivity contribution in [2.75, 3.05) is 30.5 Å². The number of methoxy groups -OCH3 is 1. The van der Waals surface area contributed by atoms with E-state index < -0.39 is 10.8 Å². The fourth-order valence-corrected chi connectivity index (χ4v) is 2.06. The third-order valence-electron chi connectivity index (χ3n) is 2.02. The second kappa shape index (κ2) is 7.03. The number of amides is 1. The number of nitrogens with two attached hydrogens (primary N) is 1. The average Bonchev–Trinajstić information content (AvgIpc) is 2.29. The molecule has 0 radical (unpaired) electrons. The summed E-state index contributed by atoms with van der Waals surface area (Å²) >= 11 is 0. The van der Waals surface area contributed by atoms with Crippen molar-refractivity contribution in [3.05, 3.63) is 24.3 Å². The van der Waals surface area contributed by atoms with Crippen molar-refractivity contribution in [1.29, 1.82) is 0 Å². The van der Waals surface area contributed by atoms with E-state index in [1.165, 1.54) is 7.11 Å². The monoisotopic (exact) mass is 256 g/mol. The highest BCUT2D eigenvalue weighted by molar-refractivity contribution is 7.85. The average molecular weight is 256 g/mol. The molecule has 1 rings (SSSR count). The molecule has 0 heterocycles. The Hall–Kier alpha value is -1.40. The molecule has 1 aromatic rings. The Morgan fingerprint density at radius 3 is 2.82 bits per heavy atom. The number of hydrogen-bond acceptors (Lipinski definition) is 4. The molecule has 1 atom stereocenters. The summed E-state index contributed by atoms with van der Waals surface area (Å²) in [5.41, 5.74) is 5.83. The van der Waals surface area contributed by atoms with Crippen molar-refractivity contribution in [3.8, 4) is 5.75 Å². The van der Waals surface area contributed by atoms with E-state index >= 15 is 0 Å². The minimum absolute atomic E-state index is 0.0464. The molecule has 94 valence electrons. The number of para-hydroxylation sites is 2. The predicted molar refractivity (Wildman–Crippen MR) is 68.6 cm³/mol. The molecule has 0 spiro atoms. The van der Waals surface area contributed by atoms with Crippen LogP contribution >= 0.6 is 0 Å². The van der Waals surface area contributed by atoms with Gasteiger partial charge in [-0.1, -0.05) is 12.1 Å². The van der Waals surface area contributed by atoms with Gasteiger partial charge >= 0.3 is 0 Å². The maximum Gasteiger partial charge on any atom is 0.237 e. The van der Waals surface area contributed by atoms with Gasteiger partial charge in [-0.3, -0.25) is 9.00 Å². The summed E-state index contributed by atoms with van der Waals surface area (Å²) in [6, 6.07) is 7.06. The van der Waals surface area contributed by atoms with E-state index in [-0.39, 0.29) is 11.7 Å². The lowest BCUT2D eigenvalue weighted by Crippen LogP contribution is -2.23. The topological polar surface area (TPSA) is 81.4 Å². The third kappa shape index (κ3) is 4.54. The van der Waals surface area contributed by atoms with E-state index in [0.29, 0.717) is 23.7 Å². The van der Waals surface area contributed by atoms with Crippen LogP contribution in [0.25, 0.3) is 0 Å². The molecule has 0 aromatic heterocycles. The van der Waals surface area contributed by atoms with Crippen molar-refractivity contribution < 1.29 is 13.7 Å². The molecule has 1 aromatic carbocycles. The maximum atomic E-state index is 11.6. The molecular weight excluding hydrogens is 240 g/mol. The van der Waals surface area contributed by atoms with Crippen LogP contribution in [0.5, 0.6) is 5.75 Å². The van der Waals surface area contributed by atoms with E-state index in [4.69, 9.17) is 10.5 Å². The van der Waals surface area contributed by atoms with E-state index in [1.54, 1.807) is 24.3 Å². The van der Waals surface area contributed by atoms with Gasteiger partial charge in [0.25, 0.3) is 0 Å². The maximum absolute atomic E-state index is 11.6. The summed E-state index contributed by atoms with van der Waals surface area (Å²) in [5.74, 6) is 0.556. The smallest absolute Gasteiger partial charge is 0.237 e. The standard InChI is InChI=1S/C11H16N2O3S/c1-16-10-5-3-2-4-9(10)13-11(14)8-17(15)7-6-12/h2-5H,6-8,12H2,1H3,(H,13,14). The first-order chi connectivity index (χ1) is 8.17. The quantitative estimate of drug-likeness (QED) is 0.769. The SMILES string of the molecule is COc1ccccc1NC(=O)CS(=O)CCN. The summed E-state index contributed by atoms with van der Waals surface area (Å²) in [7, 11) is 0.315. The van der Waals surface area contributed by atoms with Crippen LogP contribution in [0, 0.1) is 0 Å². The first-order valence-corrected chi connectivity index (χ1v) is 6.64. The van der Waals surface area contributed by atoms with E-state index in [2.05, 4.69) is 5.32 Å². The fourth-order valence-electron chi connectivity index (χ4n) is 1.28. The van der Waals surface area contributed by atoms with Gasteiger partial charge in [-0.25, -0.2) is 0 Å². The number of rotatable bonds is 6. The number of carbonyl (C=O) groups excluding carboxylic acids is 1. The van der Waals surface area contributed by atoms with Gasteiger partial charge in [0.15, 0.2) is 0 Å². The molecular formula is C11H16N2O3S. The minimum atomic E-state index is -1.21. The van der Waals surface area contributed by atoms with E-state index in [0.717, 1.165) is 0 Å². The first-order valence-electron chi connectivity index (χ1n) is 5.15.